The molecule has 3 unspecified atom stereocenters. The summed E-state index contributed by atoms with van der Waals surface area (Å²) in [6.07, 6.45) is 3.43. The Hall–Kier alpha value is -1.75. The average molecular weight is 332 g/mol. The van der Waals surface area contributed by atoms with E-state index in [2.05, 4.69) is 48.2 Å². The van der Waals surface area contributed by atoms with Crippen LogP contribution < -0.4 is 15.8 Å². The van der Waals surface area contributed by atoms with Gasteiger partial charge in [-0.1, -0.05) is 19.1 Å². The molecule has 0 aliphatic carbocycles. The van der Waals surface area contributed by atoms with Gasteiger partial charge in [0.1, 0.15) is 5.75 Å². The summed E-state index contributed by atoms with van der Waals surface area (Å²) in [5.74, 6) is 1.94. The highest BCUT2D eigenvalue weighted by atomic mass is 16.5. The molecular formula is C19H32N4O. The number of benzene rings is 1. The summed E-state index contributed by atoms with van der Waals surface area (Å²) < 4.78 is 5.28. The minimum absolute atomic E-state index is 0.361. The van der Waals surface area contributed by atoms with E-state index in [-0.39, 0.29) is 0 Å². The summed E-state index contributed by atoms with van der Waals surface area (Å²) in [5, 5.41) is 3.25. The van der Waals surface area contributed by atoms with E-state index >= 15 is 0 Å². The SMILES string of the molecule is CCC(C)NC(N)=NCC1CCCN(C)C1c1ccc(OC)cc1. The van der Waals surface area contributed by atoms with Crippen LogP contribution in [0.2, 0.25) is 0 Å². The predicted octanol–water partition coefficient (Wildman–Crippen LogP) is 2.78. The summed E-state index contributed by atoms with van der Waals surface area (Å²) >= 11 is 0. The summed E-state index contributed by atoms with van der Waals surface area (Å²) in [6.45, 7) is 6.14. The van der Waals surface area contributed by atoms with E-state index in [0.29, 0.717) is 24.0 Å². The zero-order valence-corrected chi connectivity index (χ0v) is 15.5. The van der Waals surface area contributed by atoms with Gasteiger partial charge in [-0.2, -0.15) is 0 Å². The van der Waals surface area contributed by atoms with E-state index in [1.807, 2.05) is 12.1 Å². The average Bonchev–Trinajstić information content (AvgIpc) is 2.60. The normalized spacial score (nSPS) is 23.8. The fourth-order valence-electron chi connectivity index (χ4n) is 3.39. The molecule has 0 radical (unpaired) electrons. The van der Waals surface area contributed by atoms with Crippen LogP contribution in [0.3, 0.4) is 0 Å². The molecule has 5 heteroatoms. The van der Waals surface area contributed by atoms with Crippen molar-refractivity contribution in [3.05, 3.63) is 29.8 Å². The molecule has 1 aromatic carbocycles. The van der Waals surface area contributed by atoms with Gasteiger partial charge in [-0.25, -0.2) is 0 Å². The maximum Gasteiger partial charge on any atom is 0.188 e. The largest absolute Gasteiger partial charge is 0.497 e. The number of likely N-dealkylation sites (tertiary alicyclic amines) is 1. The minimum Gasteiger partial charge on any atom is -0.497 e. The predicted molar refractivity (Wildman–Crippen MR) is 100 cm³/mol. The molecule has 3 N–H and O–H groups in total. The second-order valence-electron chi connectivity index (χ2n) is 6.78. The molecule has 0 bridgehead atoms. The van der Waals surface area contributed by atoms with Gasteiger partial charge in [0.15, 0.2) is 5.96 Å². The van der Waals surface area contributed by atoms with Crippen molar-refractivity contribution in [2.75, 3.05) is 27.2 Å². The zero-order chi connectivity index (χ0) is 17.5. The van der Waals surface area contributed by atoms with Crippen molar-refractivity contribution in [2.24, 2.45) is 16.6 Å². The number of hydrogen-bond donors (Lipinski definition) is 2. The van der Waals surface area contributed by atoms with Gasteiger partial charge in [-0.3, -0.25) is 9.89 Å². The molecule has 1 saturated heterocycles. The Morgan fingerprint density at radius 1 is 1.42 bits per heavy atom. The number of nitrogens with zero attached hydrogens (tertiary/aromatic N) is 2. The van der Waals surface area contributed by atoms with Gasteiger partial charge in [0.25, 0.3) is 0 Å². The molecule has 0 aromatic heterocycles. The van der Waals surface area contributed by atoms with Gasteiger partial charge in [-0.15, -0.1) is 0 Å². The lowest BCUT2D eigenvalue weighted by molar-refractivity contribution is 0.125. The van der Waals surface area contributed by atoms with Crippen LogP contribution in [-0.2, 0) is 0 Å². The highest BCUT2D eigenvalue weighted by molar-refractivity contribution is 5.78. The van der Waals surface area contributed by atoms with Gasteiger partial charge in [0.05, 0.1) is 7.11 Å². The van der Waals surface area contributed by atoms with E-state index in [0.717, 1.165) is 25.3 Å². The molecule has 3 atom stereocenters. The molecule has 1 aliphatic heterocycles. The highest BCUT2D eigenvalue weighted by Gasteiger charge is 2.30. The molecule has 1 fully saturated rings. The van der Waals surface area contributed by atoms with Crippen molar-refractivity contribution in [3.8, 4) is 5.75 Å². The van der Waals surface area contributed by atoms with E-state index < -0.39 is 0 Å². The summed E-state index contributed by atoms with van der Waals surface area (Å²) in [6, 6.07) is 9.16. The van der Waals surface area contributed by atoms with Crippen molar-refractivity contribution in [3.63, 3.8) is 0 Å². The van der Waals surface area contributed by atoms with Crippen LogP contribution >= 0.6 is 0 Å². The van der Waals surface area contributed by atoms with Crippen molar-refractivity contribution in [1.29, 1.82) is 0 Å². The van der Waals surface area contributed by atoms with Crippen molar-refractivity contribution in [2.45, 2.75) is 45.2 Å². The second-order valence-corrected chi connectivity index (χ2v) is 6.78. The van der Waals surface area contributed by atoms with Gasteiger partial charge in [0.2, 0.25) is 0 Å². The van der Waals surface area contributed by atoms with Gasteiger partial charge < -0.3 is 15.8 Å². The molecule has 0 amide bonds. The lowest BCUT2D eigenvalue weighted by Gasteiger charge is -2.39. The molecular weight excluding hydrogens is 300 g/mol. The number of methoxy groups -OCH3 is 1. The van der Waals surface area contributed by atoms with Crippen molar-refractivity contribution in [1.82, 2.24) is 10.2 Å². The third-order valence-corrected chi connectivity index (χ3v) is 4.97. The summed E-state index contributed by atoms with van der Waals surface area (Å²) in [7, 11) is 3.90. The van der Waals surface area contributed by atoms with Gasteiger partial charge in [0, 0.05) is 18.6 Å². The Balaban J connectivity index is 2.09. The number of nitrogens with two attached hydrogens (primary N) is 1. The molecule has 24 heavy (non-hydrogen) atoms. The van der Waals surface area contributed by atoms with Crippen molar-refractivity contribution < 1.29 is 4.74 Å². The fraction of sp³-hybridized carbons (Fsp3) is 0.632. The first-order chi connectivity index (χ1) is 11.5. The van der Waals surface area contributed by atoms with Crippen LogP contribution in [0.5, 0.6) is 5.75 Å². The Kier molecular flexibility index (Phi) is 6.91. The van der Waals surface area contributed by atoms with E-state index in [4.69, 9.17) is 10.5 Å². The molecule has 0 spiro atoms. The lowest BCUT2D eigenvalue weighted by Crippen LogP contribution is -2.40. The van der Waals surface area contributed by atoms with Gasteiger partial charge in [-0.05, 0) is 63.4 Å². The van der Waals surface area contributed by atoms with Crippen LogP contribution in [0, 0.1) is 5.92 Å². The number of aliphatic imine (C=N–C) groups is 1. The van der Waals surface area contributed by atoms with Gasteiger partial charge >= 0.3 is 0 Å². The van der Waals surface area contributed by atoms with Crippen LogP contribution in [-0.4, -0.2) is 44.1 Å². The smallest absolute Gasteiger partial charge is 0.188 e. The lowest BCUT2D eigenvalue weighted by atomic mass is 9.85. The molecule has 1 aliphatic rings. The first kappa shape index (κ1) is 18.6. The summed E-state index contributed by atoms with van der Waals surface area (Å²) in [5.41, 5.74) is 7.36. The van der Waals surface area contributed by atoms with E-state index in [1.165, 1.54) is 18.4 Å². The quantitative estimate of drug-likeness (QED) is 0.621. The Morgan fingerprint density at radius 2 is 2.12 bits per heavy atom. The fourth-order valence-corrected chi connectivity index (χ4v) is 3.39. The topological polar surface area (TPSA) is 62.9 Å². The maximum atomic E-state index is 6.03. The number of rotatable bonds is 6. The number of nitrogens with one attached hydrogen (secondary N) is 1. The van der Waals surface area contributed by atoms with Crippen LogP contribution in [0.1, 0.15) is 44.7 Å². The van der Waals surface area contributed by atoms with E-state index in [1.54, 1.807) is 7.11 Å². The first-order valence-electron chi connectivity index (χ1n) is 8.95. The van der Waals surface area contributed by atoms with E-state index in [9.17, 15) is 0 Å². The Labute approximate surface area is 146 Å². The monoisotopic (exact) mass is 332 g/mol. The highest BCUT2D eigenvalue weighted by Crippen LogP contribution is 2.35. The maximum absolute atomic E-state index is 6.03. The zero-order valence-electron chi connectivity index (χ0n) is 15.5. The molecule has 134 valence electrons. The standard InChI is InChI=1S/C19H32N4O/c1-5-14(2)22-19(20)21-13-16-7-6-12-23(3)18(16)15-8-10-17(24-4)11-9-15/h8-11,14,16,18H,5-7,12-13H2,1-4H3,(H3,20,21,22). The molecule has 1 heterocycles. The molecule has 1 aromatic rings. The van der Waals surface area contributed by atoms with Crippen LogP contribution in [0.25, 0.3) is 0 Å². The first-order valence-corrected chi connectivity index (χ1v) is 8.95. The van der Waals surface area contributed by atoms with Crippen LogP contribution in [0.4, 0.5) is 0 Å². The van der Waals surface area contributed by atoms with Crippen LogP contribution in [0.15, 0.2) is 29.3 Å². The Bertz CT molecular complexity index is 529. The third-order valence-electron chi connectivity index (χ3n) is 4.97. The third kappa shape index (κ3) is 4.87. The number of hydrogen-bond acceptors (Lipinski definition) is 3. The molecule has 0 saturated carbocycles. The minimum atomic E-state index is 0.361. The van der Waals surface area contributed by atoms with Crippen molar-refractivity contribution >= 4 is 5.96 Å². The second kappa shape index (κ2) is 8.92. The Morgan fingerprint density at radius 3 is 2.75 bits per heavy atom. The molecule has 2 rings (SSSR count). The molecule has 5 nitrogen and oxygen atoms in total. The number of guanidine groups is 1. The number of piperidine rings is 1. The number of ether oxygens (including phenoxy) is 1. The summed E-state index contributed by atoms with van der Waals surface area (Å²) in [4.78, 5) is 7.05.